The number of aryl methyl sites for hydroxylation is 1. The Hall–Kier alpha value is -1.32. The number of hydrogen-bond acceptors (Lipinski definition) is 1. The largest absolute Gasteiger partial charge is 0.330 e. The summed E-state index contributed by atoms with van der Waals surface area (Å²) < 4.78 is 39.1. The van der Waals surface area contributed by atoms with Crippen LogP contribution in [0.1, 0.15) is 18.1 Å². The molecular formula is C10H9F3O. The van der Waals surface area contributed by atoms with Gasteiger partial charge in [-0.1, -0.05) is 6.07 Å². The van der Waals surface area contributed by atoms with E-state index in [4.69, 9.17) is 0 Å². The Balaban J connectivity index is 3.31. The van der Waals surface area contributed by atoms with Gasteiger partial charge in [-0.05, 0) is 24.6 Å². The summed E-state index contributed by atoms with van der Waals surface area (Å²) in [7, 11) is 0. The van der Waals surface area contributed by atoms with Gasteiger partial charge in [-0.25, -0.2) is 4.39 Å². The van der Waals surface area contributed by atoms with Gasteiger partial charge in [-0.3, -0.25) is 4.79 Å². The van der Waals surface area contributed by atoms with Crippen molar-refractivity contribution in [2.45, 2.75) is 19.8 Å². The standard InChI is InChI=1S/C10H9F3O/c1-6-3-4-8(11)5-9(6)10(12,13)7(2)14/h3-5H,1-2H3. The zero-order chi connectivity index (χ0) is 10.9. The van der Waals surface area contributed by atoms with E-state index in [1.807, 2.05) is 0 Å². The highest BCUT2D eigenvalue weighted by atomic mass is 19.3. The van der Waals surface area contributed by atoms with Crippen molar-refractivity contribution in [1.29, 1.82) is 0 Å². The molecule has 14 heavy (non-hydrogen) atoms. The highest BCUT2D eigenvalue weighted by molar-refractivity contribution is 5.84. The molecule has 0 spiro atoms. The van der Waals surface area contributed by atoms with Crippen LogP contribution in [0.3, 0.4) is 0 Å². The van der Waals surface area contributed by atoms with E-state index in [1.165, 1.54) is 13.0 Å². The highest BCUT2D eigenvalue weighted by Crippen LogP contribution is 2.31. The quantitative estimate of drug-likeness (QED) is 0.720. The van der Waals surface area contributed by atoms with E-state index in [0.29, 0.717) is 6.07 Å². The molecule has 0 aliphatic heterocycles. The maximum absolute atomic E-state index is 13.2. The van der Waals surface area contributed by atoms with Crippen molar-refractivity contribution in [3.8, 4) is 0 Å². The molecule has 0 radical (unpaired) electrons. The van der Waals surface area contributed by atoms with Crippen molar-refractivity contribution in [3.63, 3.8) is 0 Å². The third-order valence-electron chi connectivity index (χ3n) is 1.98. The van der Waals surface area contributed by atoms with Crippen LogP contribution in [-0.4, -0.2) is 5.78 Å². The van der Waals surface area contributed by atoms with Gasteiger partial charge in [0.2, 0.25) is 5.78 Å². The van der Waals surface area contributed by atoms with Gasteiger partial charge >= 0.3 is 5.92 Å². The number of Topliss-reactive ketones (excluding diaryl/α,β-unsaturated/α-hetero) is 1. The SMILES string of the molecule is CC(=O)C(F)(F)c1cc(F)ccc1C. The van der Waals surface area contributed by atoms with Crippen LogP contribution in [0.15, 0.2) is 18.2 Å². The molecule has 0 aliphatic rings. The van der Waals surface area contributed by atoms with Crippen LogP contribution in [0, 0.1) is 12.7 Å². The van der Waals surface area contributed by atoms with Crippen LogP contribution in [0.25, 0.3) is 0 Å². The molecule has 0 aromatic heterocycles. The fourth-order valence-corrected chi connectivity index (χ4v) is 1.12. The summed E-state index contributed by atoms with van der Waals surface area (Å²) >= 11 is 0. The van der Waals surface area contributed by atoms with Crippen LogP contribution in [0.4, 0.5) is 13.2 Å². The van der Waals surface area contributed by atoms with Crippen molar-refractivity contribution in [3.05, 3.63) is 35.1 Å². The molecule has 1 aromatic rings. The zero-order valence-electron chi connectivity index (χ0n) is 7.77. The van der Waals surface area contributed by atoms with Crippen molar-refractivity contribution in [2.75, 3.05) is 0 Å². The second-order valence-corrected chi connectivity index (χ2v) is 3.09. The first-order chi connectivity index (χ1) is 6.35. The topological polar surface area (TPSA) is 17.1 Å². The van der Waals surface area contributed by atoms with Gasteiger partial charge in [0, 0.05) is 12.5 Å². The fraction of sp³-hybridized carbons (Fsp3) is 0.300. The molecule has 0 aliphatic carbocycles. The van der Waals surface area contributed by atoms with Crippen LogP contribution in [0.2, 0.25) is 0 Å². The van der Waals surface area contributed by atoms with E-state index in [9.17, 15) is 18.0 Å². The van der Waals surface area contributed by atoms with E-state index in [0.717, 1.165) is 13.0 Å². The summed E-state index contributed by atoms with van der Waals surface area (Å²) in [5.74, 6) is -5.66. The fourth-order valence-electron chi connectivity index (χ4n) is 1.12. The summed E-state index contributed by atoms with van der Waals surface area (Å²) in [6, 6.07) is 2.99. The van der Waals surface area contributed by atoms with Gasteiger partial charge in [0.25, 0.3) is 0 Å². The Morgan fingerprint density at radius 3 is 2.43 bits per heavy atom. The predicted octanol–water partition coefficient (Wildman–Crippen LogP) is 2.81. The number of benzene rings is 1. The Kier molecular flexibility index (Phi) is 2.64. The van der Waals surface area contributed by atoms with Gasteiger partial charge in [0.1, 0.15) is 5.82 Å². The minimum Gasteiger partial charge on any atom is -0.293 e. The van der Waals surface area contributed by atoms with Gasteiger partial charge in [-0.15, -0.1) is 0 Å². The zero-order valence-corrected chi connectivity index (χ0v) is 7.77. The lowest BCUT2D eigenvalue weighted by Crippen LogP contribution is -2.24. The molecule has 0 N–H and O–H groups in total. The predicted molar refractivity (Wildman–Crippen MR) is 45.7 cm³/mol. The van der Waals surface area contributed by atoms with Crippen LogP contribution in [-0.2, 0) is 10.7 Å². The lowest BCUT2D eigenvalue weighted by Gasteiger charge is -2.15. The number of carbonyl (C=O) groups excluding carboxylic acids is 1. The average Bonchev–Trinajstić information content (AvgIpc) is 2.08. The lowest BCUT2D eigenvalue weighted by atomic mass is 10.00. The minimum absolute atomic E-state index is 0.201. The van der Waals surface area contributed by atoms with Crippen molar-refractivity contribution < 1.29 is 18.0 Å². The van der Waals surface area contributed by atoms with Crippen LogP contribution < -0.4 is 0 Å². The molecule has 1 aromatic carbocycles. The molecule has 0 unspecified atom stereocenters. The molecular weight excluding hydrogens is 193 g/mol. The van der Waals surface area contributed by atoms with Gasteiger partial charge < -0.3 is 0 Å². The summed E-state index contributed by atoms with van der Waals surface area (Å²) in [4.78, 5) is 10.7. The Bertz CT molecular complexity index is 372. The van der Waals surface area contributed by atoms with E-state index in [-0.39, 0.29) is 5.56 Å². The Morgan fingerprint density at radius 1 is 1.36 bits per heavy atom. The first kappa shape index (κ1) is 10.8. The Labute approximate surface area is 79.5 Å². The van der Waals surface area contributed by atoms with Crippen molar-refractivity contribution in [1.82, 2.24) is 0 Å². The summed E-state index contributed by atoms with van der Waals surface area (Å²) in [5.41, 5.74) is -0.364. The molecule has 4 heteroatoms. The molecule has 0 heterocycles. The van der Waals surface area contributed by atoms with Gasteiger partial charge in [-0.2, -0.15) is 8.78 Å². The number of alkyl halides is 2. The maximum Gasteiger partial charge on any atom is 0.330 e. The summed E-state index contributed by atoms with van der Waals surface area (Å²) in [5, 5.41) is 0. The van der Waals surface area contributed by atoms with Gasteiger partial charge in [0.15, 0.2) is 0 Å². The molecule has 1 nitrogen and oxygen atoms in total. The molecule has 0 saturated heterocycles. The van der Waals surface area contributed by atoms with Crippen molar-refractivity contribution >= 4 is 5.78 Å². The summed E-state index contributed by atoms with van der Waals surface area (Å²) in [6.07, 6.45) is 0. The third kappa shape index (κ3) is 1.78. The van der Waals surface area contributed by atoms with Crippen molar-refractivity contribution in [2.24, 2.45) is 0 Å². The first-order valence-corrected chi connectivity index (χ1v) is 4.01. The average molecular weight is 202 g/mol. The maximum atomic E-state index is 13.2. The number of carbonyl (C=O) groups is 1. The molecule has 0 bridgehead atoms. The second-order valence-electron chi connectivity index (χ2n) is 3.09. The van der Waals surface area contributed by atoms with E-state index in [2.05, 4.69) is 0 Å². The minimum atomic E-state index is -3.60. The summed E-state index contributed by atoms with van der Waals surface area (Å²) in [6.45, 7) is 2.19. The Morgan fingerprint density at radius 2 is 1.93 bits per heavy atom. The van der Waals surface area contributed by atoms with Crippen LogP contribution >= 0.6 is 0 Å². The number of halogens is 3. The molecule has 0 saturated carbocycles. The highest BCUT2D eigenvalue weighted by Gasteiger charge is 2.38. The molecule has 0 atom stereocenters. The second kappa shape index (κ2) is 3.44. The number of ketones is 1. The third-order valence-corrected chi connectivity index (χ3v) is 1.98. The van der Waals surface area contributed by atoms with E-state index < -0.39 is 23.1 Å². The normalized spacial score (nSPS) is 11.5. The molecule has 0 amide bonds. The molecule has 1 rings (SSSR count). The smallest absolute Gasteiger partial charge is 0.293 e. The number of rotatable bonds is 2. The number of hydrogen-bond donors (Lipinski definition) is 0. The monoisotopic (exact) mass is 202 g/mol. The molecule has 76 valence electrons. The van der Waals surface area contributed by atoms with Gasteiger partial charge in [0.05, 0.1) is 0 Å². The first-order valence-electron chi connectivity index (χ1n) is 4.01. The lowest BCUT2D eigenvalue weighted by molar-refractivity contribution is -0.142. The van der Waals surface area contributed by atoms with E-state index in [1.54, 1.807) is 0 Å². The molecule has 0 fully saturated rings. The van der Waals surface area contributed by atoms with Crippen LogP contribution in [0.5, 0.6) is 0 Å². The van der Waals surface area contributed by atoms with E-state index >= 15 is 0 Å².